The Balaban J connectivity index is 0.000000587. The van der Waals surface area contributed by atoms with Gasteiger partial charge in [0, 0.05) is 4.75 Å². The number of carbonyl (C=O) groups is 4. The highest BCUT2D eigenvalue weighted by atomic mass is 32.2. The summed E-state index contributed by atoms with van der Waals surface area (Å²) in [6.45, 7) is 17.6. The maximum absolute atomic E-state index is 12.8. The molecule has 2 unspecified atom stereocenters. The Morgan fingerprint density at radius 3 is 2.22 bits per heavy atom. The molecule has 2 aliphatic rings. The van der Waals surface area contributed by atoms with E-state index in [-0.39, 0.29) is 12.0 Å². The summed E-state index contributed by atoms with van der Waals surface area (Å²) in [5.41, 5.74) is 2.81. The molecule has 3 atom stereocenters. The van der Waals surface area contributed by atoms with Crippen LogP contribution in [0.4, 0.5) is 0 Å². The molecule has 0 bridgehead atoms. The van der Waals surface area contributed by atoms with Crippen molar-refractivity contribution in [2.24, 2.45) is 0 Å². The standard InChI is InChI=1S/C25H26N2O6S.C6H15N/c1-13-9-10-16(11-14(13)2)33-24(32)17-8-6-5-7-15(17)12-18(28)26-19-21(29)27-20(23(30)31)25(3,4)34-22(19)27;1-4-7(5-2)6-3/h5-11,19-20,22H,12H2,1-4H3,(H,26,28)(H,30,31);4-6H2,1-3H3/t19?,20?,22-;/m1./s1. The molecular formula is C31H41N3O6S. The van der Waals surface area contributed by atoms with Crippen LogP contribution in [0, 0.1) is 13.8 Å². The van der Waals surface area contributed by atoms with E-state index in [0.29, 0.717) is 11.3 Å². The van der Waals surface area contributed by atoms with Crippen LogP contribution in [0.15, 0.2) is 42.5 Å². The number of carboxylic acids is 1. The second-order valence-electron chi connectivity index (χ2n) is 10.7. The number of rotatable bonds is 9. The lowest BCUT2D eigenvalue weighted by molar-refractivity contribution is -0.161. The molecule has 10 heteroatoms. The lowest BCUT2D eigenvalue weighted by Gasteiger charge is -2.43. The number of hydrogen-bond acceptors (Lipinski definition) is 7. The molecule has 2 amide bonds. The van der Waals surface area contributed by atoms with E-state index in [1.807, 2.05) is 19.9 Å². The van der Waals surface area contributed by atoms with Crippen LogP contribution in [-0.4, -0.2) is 80.5 Å². The minimum Gasteiger partial charge on any atom is -0.480 e. The Bertz CT molecular complexity index is 1290. The molecule has 2 heterocycles. The monoisotopic (exact) mass is 583 g/mol. The zero-order valence-electron chi connectivity index (χ0n) is 24.9. The average molecular weight is 584 g/mol. The van der Waals surface area contributed by atoms with Crippen LogP contribution in [0.5, 0.6) is 5.75 Å². The number of β-lactam (4-membered cyclic amide) rings is 1. The second kappa shape index (κ2) is 13.5. The fourth-order valence-corrected chi connectivity index (χ4v) is 6.65. The summed E-state index contributed by atoms with van der Waals surface area (Å²) in [7, 11) is 0. The van der Waals surface area contributed by atoms with Crippen molar-refractivity contribution in [3.8, 4) is 5.75 Å². The minimum absolute atomic E-state index is 0.120. The summed E-state index contributed by atoms with van der Waals surface area (Å²) in [6, 6.07) is 10.3. The highest BCUT2D eigenvalue weighted by molar-refractivity contribution is 8.01. The van der Waals surface area contributed by atoms with Crippen molar-refractivity contribution < 1.29 is 29.0 Å². The molecule has 0 aromatic heterocycles. The van der Waals surface area contributed by atoms with Gasteiger partial charge in [0.15, 0.2) is 0 Å². The summed E-state index contributed by atoms with van der Waals surface area (Å²) in [4.78, 5) is 53.6. The molecule has 222 valence electrons. The number of amides is 2. The molecule has 2 fully saturated rings. The first kappa shape index (κ1) is 32.1. The number of thioether (sulfide) groups is 1. The van der Waals surface area contributed by atoms with Crippen LogP contribution in [0.25, 0.3) is 0 Å². The Kier molecular flexibility index (Phi) is 10.6. The second-order valence-corrected chi connectivity index (χ2v) is 12.5. The van der Waals surface area contributed by atoms with Gasteiger partial charge in [-0.1, -0.05) is 45.0 Å². The van der Waals surface area contributed by atoms with Crippen molar-refractivity contribution in [1.29, 1.82) is 0 Å². The van der Waals surface area contributed by atoms with Gasteiger partial charge in [0.1, 0.15) is 23.2 Å². The van der Waals surface area contributed by atoms with Crippen molar-refractivity contribution >= 4 is 35.5 Å². The van der Waals surface area contributed by atoms with E-state index in [4.69, 9.17) is 4.74 Å². The number of nitrogens with zero attached hydrogens (tertiary/aromatic N) is 2. The maximum Gasteiger partial charge on any atom is 0.343 e. The summed E-state index contributed by atoms with van der Waals surface area (Å²) in [6.07, 6.45) is -0.120. The molecule has 2 aliphatic heterocycles. The first-order valence-electron chi connectivity index (χ1n) is 14.0. The predicted octanol–water partition coefficient (Wildman–Crippen LogP) is 4.04. The zero-order chi connectivity index (χ0) is 30.5. The zero-order valence-corrected chi connectivity index (χ0v) is 25.7. The van der Waals surface area contributed by atoms with E-state index >= 15 is 0 Å². The van der Waals surface area contributed by atoms with Gasteiger partial charge in [0.25, 0.3) is 0 Å². The Hall–Kier alpha value is -3.37. The lowest BCUT2D eigenvalue weighted by atomic mass is 9.96. The van der Waals surface area contributed by atoms with Crippen molar-refractivity contribution in [3.05, 3.63) is 64.7 Å². The van der Waals surface area contributed by atoms with Gasteiger partial charge in [-0.05, 0) is 82.2 Å². The number of hydrogen-bond donors (Lipinski definition) is 2. The number of aliphatic carboxylic acids is 1. The van der Waals surface area contributed by atoms with E-state index in [9.17, 15) is 24.3 Å². The number of carboxylic acid groups (broad SMARTS) is 1. The van der Waals surface area contributed by atoms with Crippen molar-refractivity contribution in [1.82, 2.24) is 15.1 Å². The number of nitrogens with one attached hydrogen (secondary N) is 1. The largest absolute Gasteiger partial charge is 0.480 e. The van der Waals surface area contributed by atoms with Gasteiger partial charge < -0.3 is 25.0 Å². The normalized spacial score (nSPS) is 20.4. The van der Waals surface area contributed by atoms with Gasteiger partial charge in [0.05, 0.1) is 12.0 Å². The number of benzene rings is 2. The summed E-state index contributed by atoms with van der Waals surface area (Å²) < 4.78 is 4.84. The molecule has 0 saturated carbocycles. The molecule has 0 radical (unpaired) electrons. The van der Waals surface area contributed by atoms with Gasteiger partial charge in [-0.3, -0.25) is 9.59 Å². The fraction of sp³-hybridized carbons (Fsp3) is 0.484. The topological polar surface area (TPSA) is 116 Å². The first-order chi connectivity index (χ1) is 19.3. The third kappa shape index (κ3) is 7.29. The number of fused-ring (bicyclic) bond motifs is 1. The highest BCUT2D eigenvalue weighted by Crippen LogP contribution is 2.50. The fourth-order valence-electron chi connectivity index (χ4n) is 5.03. The van der Waals surface area contributed by atoms with Crippen LogP contribution in [0.3, 0.4) is 0 Å². The van der Waals surface area contributed by atoms with Crippen LogP contribution in [0.2, 0.25) is 0 Å². The van der Waals surface area contributed by atoms with Crippen LogP contribution in [-0.2, 0) is 20.8 Å². The highest BCUT2D eigenvalue weighted by Gasteiger charge is 2.64. The van der Waals surface area contributed by atoms with Gasteiger partial charge in [-0.2, -0.15) is 0 Å². The minimum atomic E-state index is -1.06. The molecule has 2 N–H and O–H groups in total. The third-order valence-electron chi connectivity index (χ3n) is 7.61. The molecule has 0 spiro atoms. The molecule has 41 heavy (non-hydrogen) atoms. The molecule has 2 aromatic carbocycles. The first-order valence-corrected chi connectivity index (χ1v) is 14.8. The van der Waals surface area contributed by atoms with Crippen molar-refractivity contribution in [2.75, 3.05) is 19.6 Å². The maximum atomic E-state index is 12.8. The molecule has 9 nitrogen and oxygen atoms in total. The molecule has 4 rings (SSSR count). The van der Waals surface area contributed by atoms with Crippen molar-refractivity contribution in [3.63, 3.8) is 0 Å². The molecule has 2 aromatic rings. The summed E-state index contributed by atoms with van der Waals surface area (Å²) in [5.74, 6) is -2.06. The Morgan fingerprint density at radius 2 is 1.66 bits per heavy atom. The predicted molar refractivity (Wildman–Crippen MR) is 160 cm³/mol. The van der Waals surface area contributed by atoms with Crippen molar-refractivity contribution in [2.45, 2.75) is 77.1 Å². The summed E-state index contributed by atoms with van der Waals surface area (Å²) in [5, 5.41) is 11.8. The van der Waals surface area contributed by atoms with Crippen LogP contribution in [0.1, 0.15) is 61.7 Å². The average Bonchev–Trinajstić information content (AvgIpc) is 3.19. The SMILES string of the molecule is CCN(CC)CC.Cc1ccc(OC(=O)c2ccccc2CC(=O)NC2C(=O)N3C(C(=O)O)C(C)(C)S[C@H]23)cc1C. The van der Waals surface area contributed by atoms with E-state index in [1.54, 1.807) is 50.2 Å². The van der Waals surface area contributed by atoms with E-state index in [2.05, 4.69) is 31.0 Å². The van der Waals surface area contributed by atoms with E-state index in [1.165, 1.54) is 36.3 Å². The van der Waals surface area contributed by atoms with Gasteiger partial charge in [0.2, 0.25) is 11.8 Å². The van der Waals surface area contributed by atoms with Crippen LogP contribution < -0.4 is 10.1 Å². The molecular weight excluding hydrogens is 542 g/mol. The third-order valence-corrected chi connectivity index (χ3v) is 9.18. The Morgan fingerprint density at radius 1 is 1.02 bits per heavy atom. The number of esters is 1. The van der Waals surface area contributed by atoms with Crippen LogP contribution >= 0.6 is 11.8 Å². The van der Waals surface area contributed by atoms with Gasteiger partial charge in [-0.25, -0.2) is 9.59 Å². The Labute approximate surface area is 246 Å². The smallest absolute Gasteiger partial charge is 0.343 e. The summed E-state index contributed by atoms with van der Waals surface area (Å²) >= 11 is 1.36. The van der Waals surface area contributed by atoms with E-state index < -0.39 is 46.0 Å². The molecule has 2 saturated heterocycles. The molecule has 0 aliphatic carbocycles. The quantitative estimate of drug-likeness (QED) is 0.258. The van der Waals surface area contributed by atoms with E-state index in [0.717, 1.165) is 11.1 Å². The van der Waals surface area contributed by atoms with Gasteiger partial charge in [-0.15, -0.1) is 11.8 Å². The number of carbonyl (C=O) groups excluding carboxylic acids is 3. The van der Waals surface area contributed by atoms with Gasteiger partial charge >= 0.3 is 11.9 Å². The number of ether oxygens (including phenoxy) is 1. The lowest BCUT2D eigenvalue weighted by Crippen LogP contribution is -2.70. The number of aryl methyl sites for hydroxylation is 2.